The molecular formula is C20H23NO4S. The molecule has 0 saturated carbocycles. The molecule has 3 rings (SSSR count). The van der Waals surface area contributed by atoms with Gasteiger partial charge in [0.15, 0.2) is 6.61 Å². The Balaban J connectivity index is 1.75. The Labute approximate surface area is 157 Å². The van der Waals surface area contributed by atoms with Gasteiger partial charge in [0.1, 0.15) is 10.8 Å². The molecule has 0 fully saturated rings. The van der Waals surface area contributed by atoms with Crippen molar-refractivity contribution >= 4 is 28.2 Å². The van der Waals surface area contributed by atoms with Crippen LogP contribution < -0.4 is 10.1 Å². The Morgan fingerprint density at radius 3 is 2.81 bits per heavy atom. The van der Waals surface area contributed by atoms with Gasteiger partial charge in [-0.3, -0.25) is 4.79 Å². The number of carbonyl (C=O) groups excluding carboxylic acids is 2. The molecule has 1 aliphatic carbocycles. The summed E-state index contributed by atoms with van der Waals surface area (Å²) in [5.41, 5.74) is 2.50. The Morgan fingerprint density at radius 2 is 2.08 bits per heavy atom. The Bertz CT molecular complexity index is 827. The van der Waals surface area contributed by atoms with E-state index in [9.17, 15) is 9.59 Å². The number of aryl methyl sites for hydroxylation is 1. The number of para-hydroxylation sites is 1. The number of ether oxygens (including phenoxy) is 2. The number of anilines is 1. The molecule has 0 bridgehead atoms. The number of thiophene rings is 1. The quantitative estimate of drug-likeness (QED) is 0.805. The molecule has 0 unspecified atom stereocenters. The number of methoxy groups -OCH3 is 1. The minimum atomic E-state index is -0.396. The van der Waals surface area contributed by atoms with Gasteiger partial charge in [0, 0.05) is 4.88 Å². The number of esters is 1. The topological polar surface area (TPSA) is 64.6 Å². The lowest BCUT2D eigenvalue weighted by Crippen LogP contribution is -2.21. The normalized spacial score (nSPS) is 15.9. The van der Waals surface area contributed by atoms with E-state index in [4.69, 9.17) is 9.47 Å². The summed E-state index contributed by atoms with van der Waals surface area (Å²) in [4.78, 5) is 25.8. The second kappa shape index (κ2) is 7.91. The van der Waals surface area contributed by atoms with Gasteiger partial charge in [-0.15, -0.1) is 11.3 Å². The van der Waals surface area contributed by atoms with Crippen LogP contribution in [0.2, 0.25) is 0 Å². The van der Waals surface area contributed by atoms with Crippen molar-refractivity contribution in [3.63, 3.8) is 0 Å². The van der Waals surface area contributed by atoms with Crippen molar-refractivity contribution in [1.29, 1.82) is 0 Å². The summed E-state index contributed by atoms with van der Waals surface area (Å²) in [5, 5.41) is 3.41. The fraction of sp³-hybridized carbons (Fsp3) is 0.400. The lowest BCUT2D eigenvalue weighted by Gasteiger charge is -2.18. The largest absolute Gasteiger partial charge is 0.483 e. The molecular weight excluding hydrogens is 350 g/mol. The van der Waals surface area contributed by atoms with Crippen molar-refractivity contribution in [3.05, 3.63) is 45.8 Å². The summed E-state index contributed by atoms with van der Waals surface area (Å²) in [6.45, 7) is 4.02. The van der Waals surface area contributed by atoms with E-state index in [2.05, 4.69) is 12.2 Å². The van der Waals surface area contributed by atoms with Gasteiger partial charge in [0.05, 0.1) is 12.7 Å². The number of hydrogen-bond acceptors (Lipinski definition) is 5. The monoisotopic (exact) mass is 373 g/mol. The van der Waals surface area contributed by atoms with Gasteiger partial charge in [-0.2, -0.15) is 0 Å². The molecule has 0 saturated heterocycles. The van der Waals surface area contributed by atoms with Crippen LogP contribution in [0.3, 0.4) is 0 Å². The van der Waals surface area contributed by atoms with Crippen LogP contribution in [0.15, 0.2) is 24.3 Å². The average Bonchev–Trinajstić information content (AvgIpc) is 2.97. The number of carbonyl (C=O) groups is 2. The lowest BCUT2D eigenvalue weighted by molar-refractivity contribution is -0.118. The van der Waals surface area contributed by atoms with Crippen molar-refractivity contribution in [2.75, 3.05) is 19.0 Å². The van der Waals surface area contributed by atoms with Crippen molar-refractivity contribution in [2.45, 2.75) is 33.1 Å². The minimum absolute atomic E-state index is 0.107. The van der Waals surface area contributed by atoms with E-state index in [0.29, 0.717) is 22.2 Å². The molecule has 138 valence electrons. The van der Waals surface area contributed by atoms with E-state index < -0.39 is 5.97 Å². The Kier molecular flexibility index (Phi) is 5.61. The Hall–Kier alpha value is -2.34. The smallest absolute Gasteiger partial charge is 0.341 e. The number of nitrogens with one attached hydrogen (secondary N) is 1. The zero-order valence-corrected chi connectivity index (χ0v) is 16.1. The highest BCUT2D eigenvalue weighted by Gasteiger charge is 2.28. The third-order valence-corrected chi connectivity index (χ3v) is 5.78. The van der Waals surface area contributed by atoms with E-state index in [0.717, 1.165) is 30.4 Å². The van der Waals surface area contributed by atoms with Gasteiger partial charge in [0.25, 0.3) is 5.91 Å². The fourth-order valence-corrected chi connectivity index (χ4v) is 4.60. The van der Waals surface area contributed by atoms with Crippen LogP contribution >= 0.6 is 11.3 Å². The summed E-state index contributed by atoms with van der Waals surface area (Å²) < 4.78 is 10.5. The van der Waals surface area contributed by atoms with E-state index in [1.807, 2.05) is 31.2 Å². The second-order valence-corrected chi connectivity index (χ2v) is 7.75. The predicted molar refractivity (Wildman–Crippen MR) is 102 cm³/mol. The maximum atomic E-state index is 12.4. The van der Waals surface area contributed by atoms with Crippen LogP contribution in [-0.4, -0.2) is 25.6 Å². The van der Waals surface area contributed by atoms with Gasteiger partial charge in [-0.1, -0.05) is 25.1 Å². The zero-order chi connectivity index (χ0) is 18.7. The van der Waals surface area contributed by atoms with Crippen LogP contribution in [0.25, 0.3) is 0 Å². The zero-order valence-electron chi connectivity index (χ0n) is 15.3. The number of rotatable bonds is 5. The summed E-state index contributed by atoms with van der Waals surface area (Å²) in [6.07, 6.45) is 2.81. The van der Waals surface area contributed by atoms with Crippen molar-refractivity contribution in [3.8, 4) is 5.75 Å². The molecule has 1 amide bonds. The number of hydrogen-bond donors (Lipinski definition) is 1. The summed E-state index contributed by atoms with van der Waals surface area (Å²) in [5.74, 6) is 0.576. The average molecular weight is 373 g/mol. The standard InChI is InChI=1S/C20H23NO4S/c1-12-8-9-14-16(10-12)26-19(18(14)20(23)24-3)21-17(22)11-25-15-7-5-4-6-13(15)2/h4-7,12H,8-11H2,1-3H3,(H,21,22)/t12-/m0/s1. The highest BCUT2D eigenvalue weighted by Crippen LogP contribution is 2.40. The predicted octanol–water partition coefficient (Wildman–Crippen LogP) is 3.99. The molecule has 1 aromatic carbocycles. The van der Waals surface area contributed by atoms with Crippen LogP contribution in [0, 0.1) is 12.8 Å². The Morgan fingerprint density at radius 1 is 1.31 bits per heavy atom. The first-order valence-electron chi connectivity index (χ1n) is 8.70. The molecule has 1 N–H and O–H groups in total. The molecule has 0 radical (unpaired) electrons. The molecule has 1 aromatic heterocycles. The minimum Gasteiger partial charge on any atom is -0.483 e. The SMILES string of the molecule is COC(=O)c1c(NC(=O)COc2ccccc2C)sc2c1CC[C@H](C)C2. The number of fused-ring (bicyclic) bond motifs is 1. The van der Waals surface area contributed by atoms with Crippen LogP contribution in [-0.2, 0) is 22.4 Å². The summed E-state index contributed by atoms with van der Waals surface area (Å²) in [6, 6.07) is 7.54. The fourth-order valence-electron chi connectivity index (χ4n) is 3.18. The lowest BCUT2D eigenvalue weighted by atomic mass is 9.88. The third-order valence-electron chi connectivity index (χ3n) is 4.61. The maximum absolute atomic E-state index is 12.4. The molecule has 0 aliphatic heterocycles. The van der Waals surface area contributed by atoms with Crippen LogP contribution in [0.5, 0.6) is 5.75 Å². The number of benzene rings is 1. The second-order valence-electron chi connectivity index (χ2n) is 6.65. The molecule has 6 heteroatoms. The van der Waals surface area contributed by atoms with E-state index in [1.165, 1.54) is 23.3 Å². The molecule has 2 aromatic rings. The van der Waals surface area contributed by atoms with E-state index in [-0.39, 0.29) is 12.5 Å². The molecule has 5 nitrogen and oxygen atoms in total. The first-order chi connectivity index (χ1) is 12.5. The van der Waals surface area contributed by atoms with Gasteiger partial charge in [-0.05, 0) is 49.3 Å². The maximum Gasteiger partial charge on any atom is 0.341 e. The van der Waals surface area contributed by atoms with Gasteiger partial charge in [-0.25, -0.2) is 4.79 Å². The van der Waals surface area contributed by atoms with Gasteiger partial charge in [0.2, 0.25) is 0 Å². The molecule has 1 aliphatic rings. The first kappa shape index (κ1) is 18.5. The van der Waals surface area contributed by atoms with Crippen molar-refractivity contribution < 1.29 is 19.1 Å². The first-order valence-corrected chi connectivity index (χ1v) is 9.52. The summed E-state index contributed by atoms with van der Waals surface area (Å²) >= 11 is 1.47. The van der Waals surface area contributed by atoms with E-state index in [1.54, 1.807) is 0 Å². The number of amides is 1. The van der Waals surface area contributed by atoms with Crippen molar-refractivity contribution in [1.82, 2.24) is 0 Å². The highest BCUT2D eigenvalue weighted by molar-refractivity contribution is 7.17. The summed E-state index contributed by atoms with van der Waals surface area (Å²) in [7, 11) is 1.37. The molecule has 0 spiro atoms. The highest BCUT2D eigenvalue weighted by atomic mass is 32.1. The van der Waals surface area contributed by atoms with Crippen LogP contribution in [0.1, 0.15) is 39.7 Å². The van der Waals surface area contributed by atoms with Crippen molar-refractivity contribution in [2.24, 2.45) is 5.92 Å². The molecule has 1 atom stereocenters. The molecule has 1 heterocycles. The van der Waals surface area contributed by atoms with Gasteiger partial charge < -0.3 is 14.8 Å². The van der Waals surface area contributed by atoms with Crippen LogP contribution in [0.4, 0.5) is 5.00 Å². The molecule has 26 heavy (non-hydrogen) atoms. The third kappa shape index (κ3) is 3.90. The van der Waals surface area contributed by atoms with E-state index >= 15 is 0 Å². The van der Waals surface area contributed by atoms with Gasteiger partial charge >= 0.3 is 5.97 Å².